The number of alkyl halides is 1. The maximum atomic E-state index is 13.6. The van der Waals surface area contributed by atoms with Gasteiger partial charge in [0.05, 0.1) is 6.42 Å². The van der Waals surface area contributed by atoms with Crippen molar-refractivity contribution >= 4 is 21.9 Å². The fraction of sp³-hybridized carbons (Fsp3) is 0.364. The molecule has 1 N–H and O–H groups in total. The molecule has 1 unspecified atom stereocenters. The SMILES string of the molecule is CC(F)(COc1cccc(Br)c1)CC(=O)O. The molecule has 0 aliphatic rings. The second-order valence-corrected chi connectivity index (χ2v) is 4.65. The van der Waals surface area contributed by atoms with Gasteiger partial charge in [-0.05, 0) is 25.1 Å². The molecular formula is C11H12BrFO3. The van der Waals surface area contributed by atoms with Gasteiger partial charge in [-0.1, -0.05) is 22.0 Å². The zero-order valence-corrected chi connectivity index (χ0v) is 10.3. The molecule has 0 bridgehead atoms. The van der Waals surface area contributed by atoms with E-state index >= 15 is 0 Å². The van der Waals surface area contributed by atoms with Gasteiger partial charge < -0.3 is 9.84 Å². The van der Waals surface area contributed by atoms with Crippen LogP contribution in [-0.2, 0) is 4.79 Å². The lowest BCUT2D eigenvalue weighted by molar-refractivity contribution is -0.140. The number of carbonyl (C=O) groups is 1. The predicted molar refractivity (Wildman–Crippen MR) is 61.4 cm³/mol. The molecule has 0 aromatic heterocycles. The number of rotatable bonds is 5. The van der Waals surface area contributed by atoms with Crippen LogP contribution in [0.4, 0.5) is 4.39 Å². The summed E-state index contributed by atoms with van der Waals surface area (Å²) >= 11 is 3.26. The predicted octanol–water partition coefficient (Wildman–Crippen LogP) is 3.03. The van der Waals surface area contributed by atoms with Crippen molar-refractivity contribution in [3.8, 4) is 5.75 Å². The van der Waals surface area contributed by atoms with Crippen LogP contribution < -0.4 is 4.74 Å². The lowest BCUT2D eigenvalue weighted by Gasteiger charge is -2.18. The van der Waals surface area contributed by atoms with Gasteiger partial charge in [0.2, 0.25) is 0 Å². The molecule has 0 aliphatic heterocycles. The van der Waals surface area contributed by atoms with Crippen LogP contribution in [0.25, 0.3) is 0 Å². The first kappa shape index (κ1) is 13.0. The van der Waals surface area contributed by atoms with Crippen molar-refractivity contribution in [1.82, 2.24) is 0 Å². The summed E-state index contributed by atoms with van der Waals surface area (Å²) in [5.74, 6) is -0.675. The van der Waals surface area contributed by atoms with Crippen LogP contribution in [0.2, 0.25) is 0 Å². The van der Waals surface area contributed by atoms with Crippen LogP contribution in [0, 0.1) is 0 Å². The Labute approximate surface area is 101 Å². The number of benzene rings is 1. The lowest BCUT2D eigenvalue weighted by Crippen LogP contribution is -2.30. The number of halogens is 2. The molecule has 5 heteroatoms. The van der Waals surface area contributed by atoms with E-state index in [4.69, 9.17) is 9.84 Å². The first-order valence-electron chi connectivity index (χ1n) is 4.68. The van der Waals surface area contributed by atoms with Gasteiger partial charge in [0.1, 0.15) is 12.4 Å². The van der Waals surface area contributed by atoms with Crippen molar-refractivity contribution in [3.63, 3.8) is 0 Å². The van der Waals surface area contributed by atoms with Crippen molar-refractivity contribution < 1.29 is 19.0 Å². The Morgan fingerprint density at radius 3 is 2.88 bits per heavy atom. The molecule has 0 aliphatic carbocycles. The van der Waals surface area contributed by atoms with E-state index in [1.807, 2.05) is 6.07 Å². The summed E-state index contributed by atoms with van der Waals surface area (Å²) in [6.07, 6.45) is -0.568. The van der Waals surface area contributed by atoms with Crippen molar-refractivity contribution in [2.24, 2.45) is 0 Å². The van der Waals surface area contributed by atoms with Crippen LogP contribution in [-0.4, -0.2) is 23.4 Å². The maximum absolute atomic E-state index is 13.6. The summed E-state index contributed by atoms with van der Waals surface area (Å²) in [7, 11) is 0. The van der Waals surface area contributed by atoms with Crippen molar-refractivity contribution in [2.75, 3.05) is 6.61 Å². The average Bonchev–Trinajstić information content (AvgIpc) is 2.13. The highest BCUT2D eigenvalue weighted by atomic mass is 79.9. The minimum Gasteiger partial charge on any atom is -0.490 e. The zero-order valence-electron chi connectivity index (χ0n) is 8.74. The molecule has 0 fully saturated rings. The van der Waals surface area contributed by atoms with Crippen molar-refractivity contribution in [1.29, 1.82) is 0 Å². The molecule has 0 saturated heterocycles. The van der Waals surface area contributed by atoms with E-state index in [1.54, 1.807) is 18.2 Å². The Bertz CT molecular complexity index is 379. The second-order valence-electron chi connectivity index (χ2n) is 3.73. The van der Waals surface area contributed by atoms with Crippen molar-refractivity contribution in [2.45, 2.75) is 19.0 Å². The van der Waals surface area contributed by atoms with Gasteiger partial charge >= 0.3 is 5.97 Å². The average molecular weight is 291 g/mol. The van der Waals surface area contributed by atoms with E-state index in [0.717, 1.165) is 4.47 Å². The highest BCUT2D eigenvalue weighted by Gasteiger charge is 2.27. The first-order valence-corrected chi connectivity index (χ1v) is 5.47. The largest absolute Gasteiger partial charge is 0.490 e. The zero-order chi connectivity index (χ0) is 12.2. The normalized spacial score (nSPS) is 14.2. The number of carboxylic acids is 1. The number of ether oxygens (including phenoxy) is 1. The minimum atomic E-state index is -1.87. The van der Waals surface area contributed by atoms with Gasteiger partial charge in [-0.25, -0.2) is 4.39 Å². The highest BCUT2D eigenvalue weighted by molar-refractivity contribution is 9.10. The van der Waals surface area contributed by atoms with Gasteiger partial charge in [-0.3, -0.25) is 4.79 Å². The fourth-order valence-corrected chi connectivity index (χ4v) is 1.54. The molecule has 1 aromatic carbocycles. The molecule has 0 amide bonds. The lowest BCUT2D eigenvalue weighted by atomic mass is 10.1. The molecule has 3 nitrogen and oxygen atoms in total. The summed E-state index contributed by atoms with van der Waals surface area (Å²) in [6, 6.07) is 6.95. The van der Waals surface area contributed by atoms with E-state index in [9.17, 15) is 9.18 Å². The first-order chi connectivity index (χ1) is 7.39. The van der Waals surface area contributed by atoms with Crippen LogP contribution in [0.1, 0.15) is 13.3 Å². The fourth-order valence-electron chi connectivity index (χ4n) is 1.16. The molecule has 16 heavy (non-hydrogen) atoms. The van der Waals surface area contributed by atoms with E-state index in [2.05, 4.69) is 15.9 Å². The molecule has 0 spiro atoms. The van der Waals surface area contributed by atoms with Gasteiger partial charge in [-0.2, -0.15) is 0 Å². The quantitative estimate of drug-likeness (QED) is 0.907. The summed E-state index contributed by atoms with van der Waals surface area (Å²) in [4.78, 5) is 10.4. The molecule has 1 rings (SSSR count). The third kappa shape index (κ3) is 4.61. The van der Waals surface area contributed by atoms with Crippen LogP contribution in [0.15, 0.2) is 28.7 Å². The number of hydrogen-bond acceptors (Lipinski definition) is 2. The van der Waals surface area contributed by atoms with Crippen LogP contribution >= 0.6 is 15.9 Å². The third-order valence-corrected chi connectivity index (χ3v) is 2.35. The van der Waals surface area contributed by atoms with E-state index < -0.39 is 18.1 Å². The monoisotopic (exact) mass is 290 g/mol. The smallest absolute Gasteiger partial charge is 0.306 e. The third-order valence-electron chi connectivity index (χ3n) is 1.86. The molecule has 0 saturated carbocycles. The molecule has 0 heterocycles. The summed E-state index contributed by atoms with van der Waals surface area (Å²) < 4.78 is 19.6. The summed E-state index contributed by atoms with van der Waals surface area (Å²) in [5, 5.41) is 8.49. The molecular weight excluding hydrogens is 279 g/mol. The molecule has 88 valence electrons. The number of carboxylic acid groups (broad SMARTS) is 1. The Morgan fingerprint density at radius 1 is 1.62 bits per heavy atom. The van der Waals surface area contributed by atoms with Gasteiger partial charge in [0.15, 0.2) is 5.67 Å². The number of hydrogen-bond donors (Lipinski definition) is 1. The standard InChI is InChI=1S/C11H12BrFO3/c1-11(13,6-10(14)15)7-16-9-4-2-3-8(12)5-9/h2-5H,6-7H2,1H3,(H,14,15). The van der Waals surface area contributed by atoms with E-state index in [1.165, 1.54) is 6.92 Å². The van der Waals surface area contributed by atoms with Gasteiger partial charge in [-0.15, -0.1) is 0 Å². The number of aliphatic carboxylic acids is 1. The van der Waals surface area contributed by atoms with Gasteiger partial charge in [0, 0.05) is 4.47 Å². The Balaban J connectivity index is 2.54. The van der Waals surface area contributed by atoms with Gasteiger partial charge in [0.25, 0.3) is 0 Å². The summed E-state index contributed by atoms with van der Waals surface area (Å²) in [6.45, 7) is 0.925. The minimum absolute atomic E-state index is 0.282. The molecule has 1 aromatic rings. The highest BCUT2D eigenvalue weighted by Crippen LogP contribution is 2.21. The molecule has 1 atom stereocenters. The van der Waals surface area contributed by atoms with E-state index in [-0.39, 0.29) is 6.61 Å². The second kappa shape index (κ2) is 5.30. The van der Waals surface area contributed by atoms with Crippen LogP contribution in [0.3, 0.4) is 0 Å². The maximum Gasteiger partial charge on any atom is 0.306 e. The Hall–Kier alpha value is -1.10. The van der Waals surface area contributed by atoms with Crippen LogP contribution in [0.5, 0.6) is 5.75 Å². The topological polar surface area (TPSA) is 46.5 Å². The molecule has 0 radical (unpaired) electrons. The Morgan fingerprint density at radius 2 is 2.31 bits per heavy atom. The Kier molecular flexibility index (Phi) is 4.29. The summed E-state index contributed by atoms with van der Waals surface area (Å²) in [5.41, 5.74) is -1.87. The van der Waals surface area contributed by atoms with E-state index in [0.29, 0.717) is 5.75 Å². The van der Waals surface area contributed by atoms with Crippen molar-refractivity contribution in [3.05, 3.63) is 28.7 Å².